The van der Waals surface area contributed by atoms with Crippen LogP contribution in [0.5, 0.6) is 0 Å². The molecule has 0 bridgehead atoms. The smallest absolute Gasteiger partial charge is 0.146 e. The molecule has 0 aromatic heterocycles. The van der Waals surface area contributed by atoms with Gasteiger partial charge in [0.1, 0.15) is 5.82 Å². The molecule has 1 aromatic rings. The van der Waals surface area contributed by atoms with Crippen LogP contribution in [0, 0.1) is 11.7 Å². The summed E-state index contributed by atoms with van der Waals surface area (Å²) in [5, 5.41) is 3.32. The van der Waals surface area contributed by atoms with Crippen LogP contribution in [0.1, 0.15) is 33.3 Å². The van der Waals surface area contributed by atoms with E-state index in [2.05, 4.69) is 33.0 Å². The molecule has 0 heterocycles. The van der Waals surface area contributed by atoms with Gasteiger partial charge in [0.05, 0.1) is 5.69 Å². The molecule has 0 aliphatic carbocycles. The fourth-order valence-electron chi connectivity index (χ4n) is 1.73. The number of halogens is 1. The lowest BCUT2D eigenvalue weighted by atomic mass is 10.1. The molecule has 0 radical (unpaired) electrons. The number of nitrogens with one attached hydrogen (secondary N) is 1. The first-order chi connectivity index (χ1) is 8.41. The first-order valence-corrected chi connectivity index (χ1v) is 6.63. The van der Waals surface area contributed by atoms with Crippen molar-refractivity contribution in [2.75, 3.05) is 18.5 Å². The number of benzene rings is 1. The second-order valence-corrected chi connectivity index (χ2v) is 5.52. The molecule has 0 saturated heterocycles. The third kappa shape index (κ3) is 4.30. The number of hydrogen-bond donors (Lipinski definition) is 1. The first kappa shape index (κ1) is 15.0. The summed E-state index contributed by atoms with van der Waals surface area (Å²) in [5.41, 5.74) is 1.66. The van der Waals surface area contributed by atoms with E-state index >= 15 is 0 Å². The van der Waals surface area contributed by atoms with Crippen LogP contribution in [0.25, 0.3) is 0 Å². The Balaban J connectivity index is 2.67. The molecule has 18 heavy (non-hydrogen) atoms. The van der Waals surface area contributed by atoms with Crippen LogP contribution in [0.3, 0.4) is 0 Å². The summed E-state index contributed by atoms with van der Waals surface area (Å²) >= 11 is 0. The predicted octanol–water partition coefficient (Wildman–Crippen LogP) is 3.42. The van der Waals surface area contributed by atoms with Crippen molar-refractivity contribution in [2.24, 2.45) is 5.92 Å². The molecule has 102 valence electrons. The van der Waals surface area contributed by atoms with Gasteiger partial charge < -0.3 is 10.2 Å². The molecule has 0 aliphatic heterocycles. The molecule has 0 amide bonds. The van der Waals surface area contributed by atoms with E-state index in [1.165, 1.54) is 0 Å². The van der Waals surface area contributed by atoms with Crippen molar-refractivity contribution in [3.8, 4) is 0 Å². The highest BCUT2D eigenvalue weighted by Gasteiger charge is 2.10. The maximum atomic E-state index is 14.0. The van der Waals surface area contributed by atoms with Gasteiger partial charge in [-0.25, -0.2) is 4.39 Å². The standard InChI is InChI=1S/C15H25FN2/c1-11(2)9-17-10-13-6-7-15(14(16)8-13)18(5)12(3)4/h6-8,11-12,17H,9-10H2,1-5H3. The van der Waals surface area contributed by atoms with Crippen LogP contribution in [-0.4, -0.2) is 19.6 Å². The van der Waals surface area contributed by atoms with Crippen LogP contribution in [0.4, 0.5) is 10.1 Å². The lowest BCUT2D eigenvalue weighted by Gasteiger charge is -2.24. The topological polar surface area (TPSA) is 15.3 Å². The van der Waals surface area contributed by atoms with Crippen molar-refractivity contribution < 1.29 is 4.39 Å². The summed E-state index contributed by atoms with van der Waals surface area (Å²) < 4.78 is 14.0. The van der Waals surface area contributed by atoms with E-state index in [-0.39, 0.29) is 5.82 Å². The minimum atomic E-state index is -0.143. The van der Waals surface area contributed by atoms with Crippen molar-refractivity contribution in [2.45, 2.75) is 40.3 Å². The summed E-state index contributed by atoms with van der Waals surface area (Å²) in [6.07, 6.45) is 0. The molecular formula is C15H25FN2. The van der Waals surface area contributed by atoms with Gasteiger partial charge in [0.15, 0.2) is 0 Å². The Morgan fingerprint density at radius 1 is 1.22 bits per heavy atom. The van der Waals surface area contributed by atoms with Gasteiger partial charge in [-0.1, -0.05) is 19.9 Å². The Bertz CT molecular complexity index is 375. The SMILES string of the molecule is CC(C)CNCc1ccc(N(C)C(C)C)c(F)c1. The Kier molecular flexibility index (Phi) is 5.60. The molecule has 1 aromatic carbocycles. The molecule has 0 atom stereocenters. The molecule has 1 N–H and O–H groups in total. The van der Waals surface area contributed by atoms with E-state index in [9.17, 15) is 4.39 Å². The van der Waals surface area contributed by atoms with Gasteiger partial charge >= 0.3 is 0 Å². The average molecular weight is 252 g/mol. The zero-order valence-corrected chi connectivity index (χ0v) is 12.1. The molecule has 0 saturated carbocycles. The Morgan fingerprint density at radius 3 is 2.39 bits per heavy atom. The van der Waals surface area contributed by atoms with Gasteiger partial charge in [-0.2, -0.15) is 0 Å². The average Bonchev–Trinajstić information content (AvgIpc) is 2.27. The van der Waals surface area contributed by atoms with Gasteiger partial charge in [0.25, 0.3) is 0 Å². The second-order valence-electron chi connectivity index (χ2n) is 5.52. The Morgan fingerprint density at radius 2 is 1.89 bits per heavy atom. The second kappa shape index (κ2) is 6.74. The lowest BCUT2D eigenvalue weighted by Crippen LogP contribution is -2.26. The zero-order valence-electron chi connectivity index (χ0n) is 12.1. The number of rotatable bonds is 6. The monoisotopic (exact) mass is 252 g/mol. The molecular weight excluding hydrogens is 227 g/mol. The summed E-state index contributed by atoms with van der Waals surface area (Å²) in [7, 11) is 1.92. The van der Waals surface area contributed by atoms with Crippen LogP contribution < -0.4 is 10.2 Å². The minimum absolute atomic E-state index is 0.143. The van der Waals surface area contributed by atoms with E-state index in [1.54, 1.807) is 6.07 Å². The maximum Gasteiger partial charge on any atom is 0.146 e. The Labute approximate surface area is 110 Å². The highest BCUT2D eigenvalue weighted by atomic mass is 19.1. The predicted molar refractivity (Wildman–Crippen MR) is 76.5 cm³/mol. The summed E-state index contributed by atoms with van der Waals surface area (Å²) in [6.45, 7) is 10.1. The fraction of sp³-hybridized carbons (Fsp3) is 0.600. The van der Waals surface area contributed by atoms with E-state index in [0.29, 0.717) is 17.6 Å². The highest BCUT2D eigenvalue weighted by molar-refractivity contribution is 5.49. The number of nitrogens with zero attached hydrogens (tertiary/aromatic N) is 1. The molecule has 0 aliphatic rings. The molecule has 0 spiro atoms. The van der Waals surface area contributed by atoms with Crippen LogP contribution in [0.2, 0.25) is 0 Å². The third-order valence-corrected chi connectivity index (χ3v) is 3.05. The molecule has 2 nitrogen and oxygen atoms in total. The van der Waals surface area contributed by atoms with Crippen molar-refractivity contribution in [1.82, 2.24) is 5.32 Å². The van der Waals surface area contributed by atoms with Gasteiger partial charge in [0.2, 0.25) is 0 Å². The number of hydrogen-bond acceptors (Lipinski definition) is 2. The van der Waals surface area contributed by atoms with Crippen LogP contribution in [0.15, 0.2) is 18.2 Å². The fourth-order valence-corrected chi connectivity index (χ4v) is 1.73. The van der Waals surface area contributed by atoms with Crippen molar-refractivity contribution in [3.63, 3.8) is 0 Å². The summed E-state index contributed by atoms with van der Waals surface area (Å²) in [6, 6.07) is 5.78. The quantitative estimate of drug-likeness (QED) is 0.834. The summed E-state index contributed by atoms with van der Waals surface area (Å²) in [4.78, 5) is 1.95. The van der Waals surface area contributed by atoms with Crippen LogP contribution >= 0.6 is 0 Å². The van der Waals surface area contributed by atoms with E-state index in [1.807, 2.05) is 24.1 Å². The van der Waals surface area contributed by atoms with E-state index in [0.717, 1.165) is 18.7 Å². The summed E-state index contributed by atoms with van der Waals surface area (Å²) in [5.74, 6) is 0.469. The normalized spacial score (nSPS) is 11.3. The van der Waals surface area contributed by atoms with E-state index < -0.39 is 0 Å². The first-order valence-electron chi connectivity index (χ1n) is 6.63. The minimum Gasteiger partial charge on any atom is -0.370 e. The van der Waals surface area contributed by atoms with Crippen molar-refractivity contribution in [1.29, 1.82) is 0 Å². The highest BCUT2D eigenvalue weighted by Crippen LogP contribution is 2.21. The Hall–Kier alpha value is -1.09. The van der Waals surface area contributed by atoms with Gasteiger partial charge in [-0.15, -0.1) is 0 Å². The zero-order chi connectivity index (χ0) is 13.7. The van der Waals surface area contributed by atoms with Crippen LogP contribution in [-0.2, 0) is 6.54 Å². The largest absolute Gasteiger partial charge is 0.370 e. The molecule has 0 unspecified atom stereocenters. The van der Waals surface area contributed by atoms with Gasteiger partial charge in [-0.3, -0.25) is 0 Å². The number of anilines is 1. The van der Waals surface area contributed by atoms with E-state index in [4.69, 9.17) is 0 Å². The molecule has 1 rings (SSSR count). The van der Waals surface area contributed by atoms with Crippen molar-refractivity contribution in [3.05, 3.63) is 29.6 Å². The lowest BCUT2D eigenvalue weighted by molar-refractivity contribution is 0.549. The molecule has 3 heteroatoms. The van der Waals surface area contributed by atoms with Crippen molar-refractivity contribution >= 4 is 5.69 Å². The van der Waals surface area contributed by atoms with Gasteiger partial charge in [-0.05, 0) is 44.0 Å². The van der Waals surface area contributed by atoms with Gasteiger partial charge in [0, 0.05) is 19.6 Å². The third-order valence-electron chi connectivity index (χ3n) is 3.05. The maximum absolute atomic E-state index is 14.0. The molecule has 0 fully saturated rings.